The summed E-state index contributed by atoms with van der Waals surface area (Å²) in [5, 5.41) is 14.3. The normalized spacial score (nSPS) is 18.8. The SMILES string of the molecule is C[C@@H](Cn1cc(C2CCCCC2)nn1)NC(=O)c1cc2c(o1)CCCNC2=O. The Hall–Kier alpha value is -2.64. The van der Waals surface area contributed by atoms with Crippen molar-refractivity contribution in [2.24, 2.45) is 0 Å². The van der Waals surface area contributed by atoms with E-state index in [0.717, 1.165) is 12.1 Å². The highest BCUT2D eigenvalue weighted by molar-refractivity contribution is 5.99. The van der Waals surface area contributed by atoms with Crippen LogP contribution in [0, 0.1) is 0 Å². The monoisotopic (exact) mass is 385 g/mol. The van der Waals surface area contributed by atoms with Crippen molar-refractivity contribution in [3.63, 3.8) is 0 Å². The summed E-state index contributed by atoms with van der Waals surface area (Å²) in [6.45, 7) is 3.08. The summed E-state index contributed by atoms with van der Waals surface area (Å²) in [6, 6.07) is 1.39. The number of hydrogen-bond donors (Lipinski definition) is 2. The zero-order chi connectivity index (χ0) is 19.5. The van der Waals surface area contributed by atoms with Crippen molar-refractivity contribution < 1.29 is 14.0 Å². The van der Waals surface area contributed by atoms with Crippen molar-refractivity contribution in [2.45, 2.75) is 70.4 Å². The van der Waals surface area contributed by atoms with Gasteiger partial charge in [0.15, 0.2) is 5.76 Å². The molecule has 0 unspecified atom stereocenters. The second kappa shape index (κ2) is 8.16. The molecule has 4 rings (SSSR count). The van der Waals surface area contributed by atoms with Gasteiger partial charge in [0.25, 0.3) is 11.8 Å². The molecule has 2 aliphatic rings. The zero-order valence-corrected chi connectivity index (χ0v) is 16.2. The van der Waals surface area contributed by atoms with Crippen LogP contribution in [-0.2, 0) is 13.0 Å². The van der Waals surface area contributed by atoms with Gasteiger partial charge in [-0.25, -0.2) is 0 Å². The van der Waals surface area contributed by atoms with Crippen molar-refractivity contribution in [1.82, 2.24) is 25.6 Å². The Morgan fingerprint density at radius 2 is 2.18 bits per heavy atom. The summed E-state index contributed by atoms with van der Waals surface area (Å²) in [5.74, 6) is 0.774. The molecule has 1 aliphatic heterocycles. The minimum absolute atomic E-state index is 0.146. The molecule has 1 atom stereocenters. The third-order valence-corrected chi connectivity index (χ3v) is 5.56. The van der Waals surface area contributed by atoms with Gasteiger partial charge in [-0.15, -0.1) is 5.10 Å². The van der Waals surface area contributed by atoms with E-state index >= 15 is 0 Å². The van der Waals surface area contributed by atoms with Gasteiger partial charge in [-0.1, -0.05) is 24.5 Å². The van der Waals surface area contributed by atoms with Crippen LogP contribution in [0.15, 0.2) is 16.7 Å². The van der Waals surface area contributed by atoms with E-state index in [4.69, 9.17) is 4.42 Å². The third kappa shape index (κ3) is 4.10. The average Bonchev–Trinajstić information content (AvgIpc) is 3.29. The highest BCUT2D eigenvalue weighted by Gasteiger charge is 2.24. The van der Waals surface area contributed by atoms with Crippen LogP contribution in [0.5, 0.6) is 0 Å². The van der Waals surface area contributed by atoms with E-state index in [9.17, 15) is 9.59 Å². The summed E-state index contributed by atoms with van der Waals surface area (Å²) >= 11 is 0. The Morgan fingerprint density at radius 3 is 3.00 bits per heavy atom. The summed E-state index contributed by atoms with van der Waals surface area (Å²) in [6.07, 6.45) is 9.65. The van der Waals surface area contributed by atoms with Crippen LogP contribution in [0.1, 0.15) is 83.7 Å². The van der Waals surface area contributed by atoms with E-state index in [1.54, 1.807) is 4.68 Å². The first kappa shape index (κ1) is 18.7. The first-order valence-corrected chi connectivity index (χ1v) is 10.2. The topological polar surface area (TPSA) is 102 Å². The Bertz CT molecular complexity index is 850. The van der Waals surface area contributed by atoms with Crippen molar-refractivity contribution in [1.29, 1.82) is 0 Å². The number of aryl methyl sites for hydroxylation is 1. The predicted molar refractivity (Wildman–Crippen MR) is 102 cm³/mol. The van der Waals surface area contributed by atoms with Crippen LogP contribution >= 0.6 is 0 Å². The van der Waals surface area contributed by atoms with Gasteiger partial charge < -0.3 is 15.1 Å². The fraction of sp³-hybridized carbons (Fsp3) is 0.600. The van der Waals surface area contributed by atoms with E-state index < -0.39 is 0 Å². The van der Waals surface area contributed by atoms with Gasteiger partial charge in [0.05, 0.1) is 17.8 Å². The standard InChI is InChI=1S/C20H27N5O3/c1-13(11-25-12-16(23-24-25)14-6-3-2-4-7-14)22-20(27)18-10-15-17(28-18)8-5-9-21-19(15)26/h10,12-14H,2-9,11H2,1H3,(H,21,26)(H,22,27)/t13-/m0/s1. The third-order valence-electron chi connectivity index (χ3n) is 5.56. The Labute approximate surface area is 164 Å². The summed E-state index contributed by atoms with van der Waals surface area (Å²) in [5.41, 5.74) is 1.52. The van der Waals surface area contributed by atoms with Crippen LogP contribution in [0.2, 0.25) is 0 Å². The van der Waals surface area contributed by atoms with E-state index in [2.05, 4.69) is 20.9 Å². The molecule has 0 aromatic carbocycles. The second-order valence-electron chi connectivity index (χ2n) is 7.88. The number of aromatic nitrogens is 3. The molecule has 1 aliphatic carbocycles. The number of nitrogens with one attached hydrogen (secondary N) is 2. The highest BCUT2D eigenvalue weighted by Crippen LogP contribution is 2.31. The van der Waals surface area contributed by atoms with Gasteiger partial charge in [0.1, 0.15) is 5.76 Å². The van der Waals surface area contributed by atoms with Gasteiger partial charge in [-0.2, -0.15) is 0 Å². The fourth-order valence-electron chi connectivity index (χ4n) is 4.07. The maximum atomic E-state index is 12.5. The number of nitrogens with zero attached hydrogens (tertiary/aromatic N) is 3. The minimum Gasteiger partial charge on any atom is -0.455 e. The van der Waals surface area contributed by atoms with Crippen molar-refractivity contribution in [3.05, 3.63) is 35.0 Å². The zero-order valence-electron chi connectivity index (χ0n) is 16.2. The number of hydrogen-bond acceptors (Lipinski definition) is 5. The van der Waals surface area contributed by atoms with Gasteiger partial charge in [0, 0.05) is 37.2 Å². The van der Waals surface area contributed by atoms with Crippen LogP contribution in [0.25, 0.3) is 0 Å². The number of amides is 2. The first-order chi connectivity index (χ1) is 13.6. The number of fused-ring (bicyclic) bond motifs is 1. The van der Waals surface area contributed by atoms with Crippen LogP contribution in [0.3, 0.4) is 0 Å². The number of carbonyl (C=O) groups excluding carboxylic acids is 2. The average molecular weight is 385 g/mol. The van der Waals surface area contributed by atoms with E-state index in [0.29, 0.717) is 36.8 Å². The van der Waals surface area contributed by atoms with Gasteiger partial charge in [0.2, 0.25) is 0 Å². The van der Waals surface area contributed by atoms with Crippen molar-refractivity contribution in [2.75, 3.05) is 6.54 Å². The van der Waals surface area contributed by atoms with E-state index in [1.165, 1.54) is 38.2 Å². The first-order valence-electron chi connectivity index (χ1n) is 10.2. The highest BCUT2D eigenvalue weighted by atomic mass is 16.4. The van der Waals surface area contributed by atoms with Crippen molar-refractivity contribution in [3.8, 4) is 0 Å². The van der Waals surface area contributed by atoms with Gasteiger partial charge >= 0.3 is 0 Å². The minimum atomic E-state index is -0.319. The molecule has 1 fully saturated rings. The van der Waals surface area contributed by atoms with Gasteiger partial charge in [-0.05, 0) is 26.2 Å². The van der Waals surface area contributed by atoms with Crippen LogP contribution in [-0.4, -0.2) is 39.4 Å². The summed E-state index contributed by atoms with van der Waals surface area (Å²) in [4.78, 5) is 24.5. The Morgan fingerprint density at radius 1 is 1.36 bits per heavy atom. The molecule has 2 N–H and O–H groups in total. The van der Waals surface area contributed by atoms with Gasteiger partial charge in [-0.3, -0.25) is 14.3 Å². The lowest BCUT2D eigenvalue weighted by molar-refractivity contribution is 0.0905. The molecule has 8 nitrogen and oxygen atoms in total. The Balaban J connectivity index is 1.35. The van der Waals surface area contributed by atoms with Crippen LogP contribution in [0.4, 0.5) is 0 Å². The van der Waals surface area contributed by atoms with E-state index in [-0.39, 0.29) is 23.6 Å². The molecular formula is C20H27N5O3. The molecule has 0 saturated heterocycles. The molecule has 2 aromatic heterocycles. The molecular weight excluding hydrogens is 358 g/mol. The maximum absolute atomic E-state index is 12.5. The van der Waals surface area contributed by atoms with Crippen molar-refractivity contribution >= 4 is 11.8 Å². The molecule has 0 spiro atoms. The predicted octanol–water partition coefficient (Wildman–Crippen LogP) is 2.41. The molecule has 150 valence electrons. The lowest BCUT2D eigenvalue weighted by atomic mass is 9.87. The molecule has 8 heteroatoms. The lowest BCUT2D eigenvalue weighted by Crippen LogP contribution is -2.35. The molecule has 3 heterocycles. The largest absolute Gasteiger partial charge is 0.455 e. The summed E-state index contributed by atoms with van der Waals surface area (Å²) < 4.78 is 7.44. The summed E-state index contributed by atoms with van der Waals surface area (Å²) in [7, 11) is 0. The Kier molecular flexibility index (Phi) is 5.45. The number of rotatable bonds is 5. The molecule has 2 amide bonds. The molecule has 0 bridgehead atoms. The van der Waals surface area contributed by atoms with Crippen LogP contribution < -0.4 is 10.6 Å². The maximum Gasteiger partial charge on any atom is 0.287 e. The fourth-order valence-corrected chi connectivity index (χ4v) is 4.07. The molecule has 0 radical (unpaired) electrons. The molecule has 28 heavy (non-hydrogen) atoms. The van der Waals surface area contributed by atoms with E-state index in [1.807, 2.05) is 13.1 Å². The lowest BCUT2D eigenvalue weighted by Gasteiger charge is -2.18. The molecule has 1 saturated carbocycles. The number of carbonyl (C=O) groups is 2. The smallest absolute Gasteiger partial charge is 0.287 e. The second-order valence-corrected chi connectivity index (χ2v) is 7.88. The number of furan rings is 1. The quantitative estimate of drug-likeness (QED) is 0.823. The molecule has 2 aromatic rings.